The molecule has 10 heteroatoms. The van der Waals surface area contributed by atoms with Crippen molar-refractivity contribution in [2.24, 2.45) is 0 Å². The number of anilines is 1. The Morgan fingerprint density at radius 2 is 1.88 bits per heavy atom. The van der Waals surface area contributed by atoms with Gasteiger partial charge < -0.3 is 4.74 Å². The van der Waals surface area contributed by atoms with Gasteiger partial charge in [-0.25, -0.2) is 12.8 Å². The number of esters is 1. The van der Waals surface area contributed by atoms with E-state index in [-0.39, 0.29) is 10.6 Å². The first-order chi connectivity index (χ1) is 12.3. The molecule has 0 atom stereocenters. The third-order valence-corrected chi connectivity index (χ3v) is 5.51. The number of carbonyl (C=O) groups excluding carboxylic acids is 1. The van der Waals surface area contributed by atoms with Crippen LogP contribution in [0.2, 0.25) is 0 Å². The number of rotatable bonds is 5. The molecule has 3 rings (SSSR count). The van der Waals surface area contributed by atoms with Crippen molar-refractivity contribution in [3.63, 3.8) is 0 Å². The highest BCUT2D eigenvalue weighted by atomic mass is 32.2. The molecule has 0 spiro atoms. The number of aryl methyl sites for hydroxylation is 1. The molecular weight excluding hydrogens is 363 g/mol. The number of hydrogen-bond donors (Lipinski definition) is 0. The van der Waals surface area contributed by atoms with E-state index >= 15 is 0 Å². The van der Waals surface area contributed by atoms with Crippen LogP contribution in [0.4, 0.5) is 10.1 Å². The molecule has 26 heavy (non-hydrogen) atoms. The smallest absolute Gasteiger partial charge is 0.326 e. The van der Waals surface area contributed by atoms with Crippen LogP contribution in [0.25, 0.3) is 5.65 Å². The van der Waals surface area contributed by atoms with Gasteiger partial charge in [0, 0.05) is 6.20 Å². The summed E-state index contributed by atoms with van der Waals surface area (Å²) in [6.07, 6.45) is 1.37. The van der Waals surface area contributed by atoms with E-state index in [4.69, 9.17) is 0 Å². The summed E-state index contributed by atoms with van der Waals surface area (Å²) in [4.78, 5) is 11.7. The average molecular weight is 378 g/mol. The molecule has 0 aliphatic rings. The number of carbonyl (C=O) groups is 1. The predicted octanol–water partition coefficient (Wildman–Crippen LogP) is 1.55. The standard InChI is InChI=1S/C16H15FN4O4S/c1-11-18-19-15-8-7-14(9-20(11)15)26(23,24)21(10-16(22)25-2)13-5-3-12(17)4-6-13/h3-9H,10H2,1-2H3. The number of fused-ring (bicyclic) bond motifs is 1. The summed E-state index contributed by atoms with van der Waals surface area (Å²) in [5, 5.41) is 7.79. The van der Waals surface area contributed by atoms with Gasteiger partial charge in [-0.05, 0) is 43.3 Å². The van der Waals surface area contributed by atoms with Crippen LogP contribution in [-0.4, -0.2) is 42.6 Å². The summed E-state index contributed by atoms with van der Waals surface area (Å²) in [6, 6.07) is 7.65. The number of sulfonamides is 1. The van der Waals surface area contributed by atoms with Gasteiger partial charge in [-0.1, -0.05) is 0 Å². The van der Waals surface area contributed by atoms with Crippen molar-refractivity contribution in [3.05, 3.63) is 54.2 Å². The van der Waals surface area contributed by atoms with Gasteiger partial charge in [-0.3, -0.25) is 13.5 Å². The van der Waals surface area contributed by atoms with Crippen LogP contribution in [0.1, 0.15) is 5.82 Å². The van der Waals surface area contributed by atoms with Gasteiger partial charge in [0.15, 0.2) is 5.65 Å². The maximum absolute atomic E-state index is 13.2. The fourth-order valence-corrected chi connectivity index (χ4v) is 3.78. The first kappa shape index (κ1) is 17.8. The van der Waals surface area contributed by atoms with Crippen molar-refractivity contribution in [1.82, 2.24) is 14.6 Å². The molecule has 0 saturated heterocycles. The van der Waals surface area contributed by atoms with Gasteiger partial charge in [0.2, 0.25) is 0 Å². The van der Waals surface area contributed by atoms with Crippen molar-refractivity contribution in [3.8, 4) is 0 Å². The zero-order valence-corrected chi connectivity index (χ0v) is 14.8. The second-order valence-electron chi connectivity index (χ2n) is 5.40. The van der Waals surface area contributed by atoms with Crippen LogP contribution < -0.4 is 4.31 Å². The summed E-state index contributed by atoms with van der Waals surface area (Å²) in [5.41, 5.74) is 0.625. The lowest BCUT2D eigenvalue weighted by molar-refractivity contribution is -0.138. The molecule has 8 nitrogen and oxygen atoms in total. The predicted molar refractivity (Wildman–Crippen MR) is 90.7 cm³/mol. The molecule has 3 aromatic rings. The van der Waals surface area contributed by atoms with Crippen molar-refractivity contribution in [1.29, 1.82) is 0 Å². The van der Waals surface area contributed by atoms with Crippen molar-refractivity contribution < 1.29 is 22.3 Å². The Hall–Kier alpha value is -3.01. The number of halogens is 1. The van der Waals surface area contributed by atoms with Crippen molar-refractivity contribution in [2.75, 3.05) is 18.0 Å². The van der Waals surface area contributed by atoms with Crippen LogP contribution in [0, 0.1) is 12.7 Å². The molecule has 1 aromatic carbocycles. The maximum Gasteiger partial charge on any atom is 0.326 e. The molecular formula is C16H15FN4O4S. The van der Waals surface area contributed by atoms with Crippen molar-refractivity contribution >= 4 is 27.3 Å². The fraction of sp³-hybridized carbons (Fsp3) is 0.188. The van der Waals surface area contributed by atoms with Gasteiger partial charge >= 0.3 is 5.97 Å². The number of benzene rings is 1. The average Bonchev–Trinajstić information content (AvgIpc) is 3.01. The van der Waals surface area contributed by atoms with E-state index in [2.05, 4.69) is 14.9 Å². The largest absolute Gasteiger partial charge is 0.468 e. The Morgan fingerprint density at radius 3 is 2.54 bits per heavy atom. The number of hydrogen-bond acceptors (Lipinski definition) is 6. The minimum Gasteiger partial charge on any atom is -0.468 e. The van der Waals surface area contributed by atoms with Crippen LogP contribution >= 0.6 is 0 Å². The number of pyridine rings is 1. The first-order valence-corrected chi connectivity index (χ1v) is 8.93. The molecule has 0 unspecified atom stereocenters. The topological polar surface area (TPSA) is 93.9 Å². The van der Waals surface area contributed by atoms with Crippen LogP contribution in [0.15, 0.2) is 47.5 Å². The lowest BCUT2D eigenvalue weighted by atomic mass is 10.3. The van der Waals surface area contributed by atoms with E-state index in [1.807, 2.05) is 0 Å². The molecule has 2 aromatic heterocycles. The third-order valence-electron chi connectivity index (χ3n) is 3.75. The molecule has 0 aliphatic carbocycles. The lowest BCUT2D eigenvalue weighted by Crippen LogP contribution is -2.36. The molecule has 0 bridgehead atoms. The van der Waals surface area contributed by atoms with Crippen molar-refractivity contribution in [2.45, 2.75) is 11.8 Å². The normalized spacial score (nSPS) is 11.5. The van der Waals surface area contributed by atoms with E-state index in [1.54, 1.807) is 6.92 Å². The number of aromatic nitrogens is 3. The van der Waals surface area contributed by atoms with Gasteiger partial charge in [0.1, 0.15) is 23.1 Å². The SMILES string of the molecule is COC(=O)CN(c1ccc(F)cc1)S(=O)(=O)c1ccc2nnc(C)n2c1. The first-order valence-electron chi connectivity index (χ1n) is 7.49. The highest BCUT2D eigenvalue weighted by Gasteiger charge is 2.28. The number of methoxy groups -OCH3 is 1. The molecule has 0 N–H and O–H groups in total. The second kappa shape index (κ2) is 6.71. The van der Waals surface area contributed by atoms with E-state index in [1.165, 1.54) is 34.9 Å². The van der Waals surface area contributed by atoms with Crippen LogP contribution in [0.5, 0.6) is 0 Å². The Balaban J connectivity index is 2.11. The van der Waals surface area contributed by atoms with E-state index in [9.17, 15) is 17.6 Å². The fourth-order valence-electron chi connectivity index (χ4n) is 2.37. The van der Waals surface area contributed by atoms with Crippen LogP contribution in [-0.2, 0) is 19.6 Å². The Morgan fingerprint density at radius 1 is 1.19 bits per heavy atom. The second-order valence-corrected chi connectivity index (χ2v) is 7.27. The summed E-state index contributed by atoms with van der Waals surface area (Å²) in [7, 11) is -2.97. The molecule has 2 heterocycles. The van der Waals surface area contributed by atoms with E-state index in [0.29, 0.717) is 11.5 Å². The van der Waals surface area contributed by atoms with Gasteiger partial charge in [-0.15, -0.1) is 10.2 Å². The zero-order valence-electron chi connectivity index (χ0n) is 14.0. The van der Waals surface area contributed by atoms with Gasteiger partial charge in [-0.2, -0.15) is 0 Å². The Kier molecular flexibility index (Phi) is 4.60. The van der Waals surface area contributed by atoms with Gasteiger partial charge in [0.25, 0.3) is 10.0 Å². The summed E-state index contributed by atoms with van der Waals surface area (Å²) in [6.45, 7) is 1.13. The molecule has 0 fully saturated rings. The third kappa shape index (κ3) is 3.23. The minimum absolute atomic E-state index is 0.0684. The summed E-state index contributed by atoms with van der Waals surface area (Å²) in [5.74, 6) is -0.761. The molecule has 0 aliphatic heterocycles. The molecule has 0 radical (unpaired) electrons. The minimum atomic E-state index is -4.12. The molecule has 0 saturated carbocycles. The summed E-state index contributed by atoms with van der Waals surface area (Å²) >= 11 is 0. The van der Waals surface area contributed by atoms with Gasteiger partial charge in [0.05, 0.1) is 12.8 Å². The molecule has 136 valence electrons. The quantitative estimate of drug-likeness (QED) is 0.625. The Labute approximate surface area is 148 Å². The monoisotopic (exact) mass is 378 g/mol. The molecule has 0 amide bonds. The lowest BCUT2D eigenvalue weighted by Gasteiger charge is -2.23. The highest BCUT2D eigenvalue weighted by molar-refractivity contribution is 7.92. The van der Waals surface area contributed by atoms with E-state index < -0.39 is 28.4 Å². The number of ether oxygens (including phenoxy) is 1. The maximum atomic E-state index is 13.2. The zero-order chi connectivity index (χ0) is 18.9. The highest BCUT2D eigenvalue weighted by Crippen LogP contribution is 2.24. The number of nitrogens with zero attached hydrogens (tertiary/aromatic N) is 4. The summed E-state index contributed by atoms with van der Waals surface area (Å²) < 4.78 is 46.4. The Bertz CT molecular complexity index is 1060. The van der Waals surface area contributed by atoms with Crippen LogP contribution in [0.3, 0.4) is 0 Å². The van der Waals surface area contributed by atoms with E-state index in [0.717, 1.165) is 23.5 Å².